The number of nitrogens with zero attached hydrogens (tertiary/aromatic N) is 1. The maximum Gasteiger partial charge on any atom is 1.00 e. The molecule has 0 N–H and O–H groups in total. The van der Waals surface area contributed by atoms with Crippen LogP contribution in [0.4, 0.5) is 9.18 Å². The first-order valence-corrected chi connectivity index (χ1v) is 6.74. The molecule has 1 saturated heterocycles. The van der Waals surface area contributed by atoms with E-state index in [0.29, 0.717) is 18.8 Å². The predicted molar refractivity (Wildman–Crippen MR) is 74.4 cm³/mol. The minimum Gasteiger partial charge on any atom is -1.00 e. The fourth-order valence-corrected chi connectivity index (χ4v) is 2.02. The maximum atomic E-state index is 12.8. The molecule has 1 fully saturated rings. The SMILES string of the molecule is CC(C)(C)OC(=O)N1CCC(Oc2ccc(F)cc2)C1.[H-].[Na+]. The van der Waals surface area contributed by atoms with Crippen LogP contribution < -0.4 is 34.3 Å². The van der Waals surface area contributed by atoms with Gasteiger partial charge in [-0.15, -0.1) is 0 Å². The number of carbonyl (C=O) groups excluding carboxylic acids is 1. The van der Waals surface area contributed by atoms with E-state index in [1.54, 1.807) is 17.0 Å². The van der Waals surface area contributed by atoms with Crippen LogP contribution in [0.2, 0.25) is 0 Å². The summed E-state index contributed by atoms with van der Waals surface area (Å²) in [5, 5.41) is 0. The summed E-state index contributed by atoms with van der Waals surface area (Å²) in [7, 11) is 0. The quantitative estimate of drug-likeness (QED) is 0.739. The van der Waals surface area contributed by atoms with E-state index < -0.39 is 5.60 Å². The van der Waals surface area contributed by atoms with Crippen molar-refractivity contribution in [3.63, 3.8) is 0 Å². The standard InChI is InChI=1S/C15H20FNO3.Na.H/c1-15(2,3)20-14(18)17-9-8-13(10-17)19-12-6-4-11(16)5-7-12;;/h4-7,13H,8-10H2,1-3H3;;/q;+1;-1. The van der Waals surface area contributed by atoms with Gasteiger partial charge in [0, 0.05) is 13.0 Å². The molecule has 0 aromatic heterocycles. The first kappa shape index (κ1) is 18.3. The summed E-state index contributed by atoms with van der Waals surface area (Å²) in [6.45, 7) is 6.63. The van der Waals surface area contributed by atoms with Gasteiger partial charge in [0.05, 0.1) is 6.54 Å². The Bertz CT molecular complexity index is 479. The van der Waals surface area contributed by atoms with E-state index in [1.165, 1.54) is 12.1 Å². The van der Waals surface area contributed by atoms with Gasteiger partial charge < -0.3 is 15.8 Å². The molecule has 1 heterocycles. The van der Waals surface area contributed by atoms with Crippen LogP contribution in [0.15, 0.2) is 24.3 Å². The average Bonchev–Trinajstić information content (AvgIpc) is 2.79. The van der Waals surface area contributed by atoms with Gasteiger partial charge in [-0.25, -0.2) is 9.18 Å². The number of carbonyl (C=O) groups is 1. The topological polar surface area (TPSA) is 38.8 Å². The van der Waals surface area contributed by atoms with Gasteiger partial charge >= 0.3 is 35.7 Å². The number of halogens is 1. The molecular formula is C15H21FNNaO3. The molecule has 2 rings (SSSR count). The van der Waals surface area contributed by atoms with Gasteiger partial charge in [-0.2, -0.15) is 0 Å². The van der Waals surface area contributed by atoms with Crippen molar-refractivity contribution in [1.82, 2.24) is 4.90 Å². The molecule has 6 heteroatoms. The third-order valence-corrected chi connectivity index (χ3v) is 2.91. The van der Waals surface area contributed by atoms with E-state index in [0.717, 1.165) is 6.42 Å². The number of ether oxygens (including phenoxy) is 2. The smallest absolute Gasteiger partial charge is 1.00 e. The molecule has 1 unspecified atom stereocenters. The van der Waals surface area contributed by atoms with Crippen molar-refractivity contribution in [3.8, 4) is 5.75 Å². The van der Waals surface area contributed by atoms with E-state index in [2.05, 4.69) is 0 Å². The Morgan fingerprint density at radius 3 is 2.52 bits per heavy atom. The molecule has 1 aliphatic heterocycles. The molecule has 1 aromatic carbocycles. The summed E-state index contributed by atoms with van der Waals surface area (Å²) in [6, 6.07) is 5.89. The molecular weight excluding hydrogens is 284 g/mol. The van der Waals surface area contributed by atoms with Crippen LogP contribution >= 0.6 is 0 Å². The number of amides is 1. The zero-order chi connectivity index (χ0) is 14.8. The Morgan fingerprint density at radius 2 is 1.95 bits per heavy atom. The maximum absolute atomic E-state index is 12.8. The van der Waals surface area contributed by atoms with Gasteiger partial charge in [-0.3, -0.25) is 0 Å². The normalized spacial score (nSPS) is 18.1. The van der Waals surface area contributed by atoms with Crippen molar-refractivity contribution in [2.75, 3.05) is 13.1 Å². The van der Waals surface area contributed by atoms with Gasteiger partial charge in [0.2, 0.25) is 0 Å². The molecule has 1 amide bonds. The van der Waals surface area contributed by atoms with Gasteiger partial charge in [0.1, 0.15) is 23.3 Å². The molecule has 0 saturated carbocycles. The number of benzene rings is 1. The number of likely N-dealkylation sites (tertiary alicyclic amines) is 1. The molecule has 0 radical (unpaired) electrons. The summed E-state index contributed by atoms with van der Waals surface area (Å²) in [4.78, 5) is 13.5. The first-order valence-electron chi connectivity index (χ1n) is 6.74. The van der Waals surface area contributed by atoms with Crippen LogP contribution in [0, 0.1) is 5.82 Å². The molecule has 21 heavy (non-hydrogen) atoms. The fourth-order valence-electron chi connectivity index (χ4n) is 2.02. The van der Waals surface area contributed by atoms with Crippen molar-refractivity contribution in [3.05, 3.63) is 30.1 Å². The van der Waals surface area contributed by atoms with E-state index in [9.17, 15) is 9.18 Å². The Balaban J connectivity index is 0.00000220. The zero-order valence-corrected chi connectivity index (χ0v) is 15.1. The van der Waals surface area contributed by atoms with Crippen molar-refractivity contribution < 1.29 is 49.6 Å². The number of rotatable bonds is 2. The third-order valence-electron chi connectivity index (χ3n) is 2.91. The van der Waals surface area contributed by atoms with E-state index >= 15 is 0 Å². The number of hydrogen-bond acceptors (Lipinski definition) is 3. The van der Waals surface area contributed by atoms with Crippen LogP contribution in [0.3, 0.4) is 0 Å². The summed E-state index contributed by atoms with van der Waals surface area (Å²) < 4.78 is 23.8. The van der Waals surface area contributed by atoms with Crippen molar-refractivity contribution in [2.45, 2.75) is 38.9 Å². The molecule has 0 aliphatic carbocycles. The summed E-state index contributed by atoms with van der Waals surface area (Å²) in [5.41, 5.74) is -0.493. The molecule has 0 bridgehead atoms. The second-order valence-corrected chi connectivity index (χ2v) is 5.91. The third kappa shape index (κ3) is 5.85. The Morgan fingerprint density at radius 1 is 1.33 bits per heavy atom. The minimum absolute atomic E-state index is 0. The zero-order valence-electron chi connectivity index (χ0n) is 14.1. The summed E-state index contributed by atoms with van der Waals surface area (Å²) >= 11 is 0. The summed E-state index contributed by atoms with van der Waals surface area (Å²) in [6.07, 6.45) is 0.354. The molecule has 1 aliphatic rings. The van der Waals surface area contributed by atoms with Gasteiger partial charge in [-0.05, 0) is 45.0 Å². The van der Waals surface area contributed by atoms with Gasteiger partial charge in [0.25, 0.3) is 0 Å². The van der Waals surface area contributed by atoms with Crippen molar-refractivity contribution in [2.24, 2.45) is 0 Å². The van der Waals surface area contributed by atoms with Crippen molar-refractivity contribution >= 4 is 6.09 Å². The Hall–Kier alpha value is -0.780. The first-order chi connectivity index (χ1) is 9.33. The fraction of sp³-hybridized carbons (Fsp3) is 0.533. The molecule has 4 nitrogen and oxygen atoms in total. The van der Waals surface area contributed by atoms with Crippen LogP contribution in [-0.2, 0) is 4.74 Å². The van der Waals surface area contributed by atoms with Crippen molar-refractivity contribution in [1.29, 1.82) is 0 Å². The summed E-state index contributed by atoms with van der Waals surface area (Å²) in [5.74, 6) is 0.321. The second-order valence-electron chi connectivity index (χ2n) is 5.91. The van der Waals surface area contributed by atoms with Crippen LogP contribution in [0.5, 0.6) is 5.75 Å². The molecule has 0 spiro atoms. The van der Waals surface area contributed by atoms with E-state index in [4.69, 9.17) is 9.47 Å². The van der Waals surface area contributed by atoms with Crippen LogP contribution in [-0.4, -0.2) is 35.8 Å². The van der Waals surface area contributed by atoms with Crippen LogP contribution in [0.25, 0.3) is 0 Å². The Kier molecular flexibility index (Phi) is 6.50. The predicted octanol–water partition coefficient (Wildman–Crippen LogP) is 0.330. The molecule has 1 aromatic rings. The van der Waals surface area contributed by atoms with E-state index in [-0.39, 0.29) is 49.0 Å². The Labute approximate surface area is 148 Å². The number of hydrogen-bond donors (Lipinski definition) is 0. The molecule has 112 valence electrons. The van der Waals surface area contributed by atoms with Crippen LogP contribution in [0.1, 0.15) is 28.6 Å². The van der Waals surface area contributed by atoms with E-state index in [1.807, 2.05) is 20.8 Å². The monoisotopic (exact) mass is 305 g/mol. The largest absolute Gasteiger partial charge is 1.00 e. The average molecular weight is 305 g/mol. The van der Waals surface area contributed by atoms with Gasteiger partial charge in [-0.1, -0.05) is 0 Å². The van der Waals surface area contributed by atoms with Gasteiger partial charge in [0.15, 0.2) is 0 Å². The molecule has 1 atom stereocenters. The second kappa shape index (κ2) is 7.47. The minimum atomic E-state index is -0.493.